The van der Waals surface area contributed by atoms with Gasteiger partial charge >= 0.3 is 0 Å². The molecule has 1 heterocycles. The van der Waals surface area contributed by atoms with Crippen LogP contribution in [-0.4, -0.2) is 40.9 Å². The molecule has 4 heteroatoms. The van der Waals surface area contributed by atoms with Crippen molar-refractivity contribution in [1.82, 2.24) is 20.0 Å². The number of nitrogens with one attached hydrogen (secondary N) is 1. The van der Waals surface area contributed by atoms with Crippen LogP contribution in [0, 0.1) is 6.92 Å². The Labute approximate surface area is 111 Å². The van der Waals surface area contributed by atoms with Crippen molar-refractivity contribution in [1.29, 1.82) is 0 Å². The summed E-state index contributed by atoms with van der Waals surface area (Å²) in [7, 11) is 1.98. The van der Waals surface area contributed by atoms with Crippen LogP contribution in [0.3, 0.4) is 0 Å². The lowest BCUT2D eigenvalue weighted by atomic mass is 10.1. The minimum absolute atomic E-state index is 0.385. The van der Waals surface area contributed by atoms with Gasteiger partial charge in [0.1, 0.15) is 0 Å². The van der Waals surface area contributed by atoms with E-state index in [1.165, 1.54) is 18.5 Å². The van der Waals surface area contributed by atoms with Crippen molar-refractivity contribution >= 4 is 0 Å². The van der Waals surface area contributed by atoms with Gasteiger partial charge in [0.2, 0.25) is 0 Å². The van der Waals surface area contributed by atoms with Crippen LogP contribution in [0.2, 0.25) is 0 Å². The van der Waals surface area contributed by atoms with Crippen LogP contribution in [0.4, 0.5) is 0 Å². The maximum Gasteiger partial charge on any atom is 0.0641 e. The quantitative estimate of drug-likeness (QED) is 0.719. The molecule has 1 aromatic heterocycles. The van der Waals surface area contributed by atoms with Gasteiger partial charge in [-0.15, -0.1) is 0 Å². The first kappa shape index (κ1) is 15.2. The number of aryl methyl sites for hydroxylation is 2. The molecule has 1 atom stereocenters. The molecule has 0 saturated carbocycles. The molecule has 4 nitrogen and oxygen atoms in total. The molecule has 0 saturated heterocycles. The van der Waals surface area contributed by atoms with Crippen LogP contribution in [0.1, 0.15) is 44.5 Å². The molecule has 1 N–H and O–H groups in total. The van der Waals surface area contributed by atoms with Gasteiger partial charge < -0.3 is 10.2 Å². The molecular weight excluding hydrogens is 224 g/mol. The van der Waals surface area contributed by atoms with Gasteiger partial charge in [-0.1, -0.05) is 13.8 Å². The van der Waals surface area contributed by atoms with Crippen molar-refractivity contribution < 1.29 is 0 Å². The predicted octanol–water partition coefficient (Wildman–Crippen LogP) is 2.11. The average molecular weight is 252 g/mol. The Morgan fingerprint density at radius 2 is 2.06 bits per heavy atom. The summed E-state index contributed by atoms with van der Waals surface area (Å²) >= 11 is 0. The minimum atomic E-state index is 0.385. The molecule has 0 aromatic carbocycles. The van der Waals surface area contributed by atoms with Crippen molar-refractivity contribution in [3.8, 4) is 0 Å². The van der Waals surface area contributed by atoms with Crippen molar-refractivity contribution in [2.24, 2.45) is 7.05 Å². The predicted molar refractivity (Wildman–Crippen MR) is 76.8 cm³/mol. The third-order valence-electron chi connectivity index (χ3n) is 3.51. The molecule has 1 rings (SSSR count). The smallest absolute Gasteiger partial charge is 0.0641 e. The monoisotopic (exact) mass is 252 g/mol. The number of hydrogen-bond acceptors (Lipinski definition) is 3. The zero-order valence-electron chi connectivity index (χ0n) is 12.5. The highest BCUT2D eigenvalue weighted by Gasteiger charge is 2.10. The van der Waals surface area contributed by atoms with Crippen LogP contribution in [-0.2, 0) is 7.05 Å². The second-order valence-electron chi connectivity index (χ2n) is 4.90. The fourth-order valence-electron chi connectivity index (χ4n) is 2.31. The molecule has 104 valence electrons. The van der Waals surface area contributed by atoms with E-state index >= 15 is 0 Å². The van der Waals surface area contributed by atoms with E-state index < -0.39 is 0 Å². The Morgan fingerprint density at radius 1 is 1.39 bits per heavy atom. The number of aromatic nitrogens is 2. The first-order valence-corrected chi connectivity index (χ1v) is 7.04. The summed E-state index contributed by atoms with van der Waals surface area (Å²) in [5, 5.41) is 7.96. The lowest BCUT2D eigenvalue weighted by Gasteiger charge is -2.19. The molecule has 1 unspecified atom stereocenters. The van der Waals surface area contributed by atoms with E-state index in [0.717, 1.165) is 25.3 Å². The lowest BCUT2D eigenvalue weighted by Crippen LogP contribution is -2.28. The summed E-state index contributed by atoms with van der Waals surface area (Å²) in [5.74, 6) is 0. The van der Waals surface area contributed by atoms with E-state index in [9.17, 15) is 0 Å². The van der Waals surface area contributed by atoms with Crippen molar-refractivity contribution in [2.75, 3.05) is 26.2 Å². The Kier molecular flexibility index (Phi) is 6.36. The van der Waals surface area contributed by atoms with Gasteiger partial charge in [0.15, 0.2) is 0 Å². The standard InChI is InChI=1S/C14H28N4/c1-6-18(7-2)10-8-9-15-12(3)14-11-17(5)16-13(14)4/h11-12,15H,6-10H2,1-5H3. The topological polar surface area (TPSA) is 33.1 Å². The van der Waals surface area contributed by atoms with E-state index in [1.807, 2.05) is 11.7 Å². The van der Waals surface area contributed by atoms with Gasteiger partial charge in [0.05, 0.1) is 5.69 Å². The maximum atomic E-state index is 4.38. The fourth-order valence-corrected chi connectivity index (χ4v) is 2.31. The molecule has 0 aliphatic rings. The molecule has 0 bridgehead atoms. The summed E-state index contributed by atoms with van der Waals surface area (Å²) in [6, 6.07) is 0.385. The summed E-state index contributed by atoms with van der Waals surface area (Å²) in [6.07, 6.45) is 3.31. The average Bonchev–Trinajstić information content (AvgIpc) is 2.68. The van der Waals surface area contributed by atoms with Crippen molar-refractivity contribution in [3.63, 3.8) is 0 Å². The molecule has 0 fully saturated rings. The van der Waals surface area contributed by atoms with Crippen LogP contribution in [0.15, 0.2) is 6.20 Å². The Balaban J connectivity index is 2.29. The van der Waals surface area contributed by atoms with Gasteiger partial charge in [-0.2, -0.15) is 5.10 Å². The Bertz CT molecular complexity index is 342. The van der Waals surface area contributed by atoms with Gasteiger partial charge in [-0.25, -0.2) is 0 Å². The van der Waals surface area contributed by atoms with E-state index in [2.05, 4.69) is 49.2 Å². The first-order chi connectivity index (χ1) is 8.58. The summed E-state index contributed by atoms with van der Waals surface area (Å²) < 4.78 is 1.89. The first-order valence-electron chi connectivity index (χ1n) is 7.04. The molecular formula is C14H28N4. The molecule has 0 radical (unpaired) electrons. The number of rotatable bonds is 8. The third-order valence-corrected chi connectivity index (χ3v) is 3.51. The third kappa shape index (κ3) is 4.42. The maximum absolute atomic E-state index is 4.38. The van der Waals surface area contributed by atoms with Crippen LogP contribution in [0.25, 0.3) is 0 Å². The lowest BCUT2D eigenvalue weighted by molar-refractivity contribution is 0.296. The van der Waals surface area contributed by atoms with Gasteiger partial charge in [-0.3, -0.25) is 4.68 Å². The number of nitrogens with zero attached hydrogens (tertiary/aromatic N) is 3. The van der Waals surface area contributed by atoms with E-state index in [1.54, 1.807) is 0 Å². The molecule has 0 spiro atoms. The summed E-state index contributed by atoms with van der Waals surface area (Å²) in [6.45, 7) is 13.3. The van der Waals surface area contributed by atoms with Gasteiger partial charge in [0.25, 0.3) is 0 Å². The second-order valence-corrected chi connectivity index (χ2v) is 4.90. The zero-order valence-corrected chi connectivity index (χ0v) is 12.5. The van der Waals surface area contributed by atoms with E-state index in [4.69, 9.17) is 0 Å². The number of hydrogen-bond donors (Lipinski definition) is 1. The van der Waals surface area contributed by atoms with Crippen molar-refractivity contribution in [3.05, 3.63) is 17.5 Å². The SMILES string of the molecule is CCN(CC)CCCNC(C)c1cn(C)nc1C. The van der Waals surface area contributed by atoms with Crippen LogP contribution >= 0.6 is 0 Å². The Morgan fingerprint density at radius 3 is 2.56 bits per heavy atom. The molecule has 0 aliphatic heterocycles. The van der Waals surface area contributed by atoms with Crippen molar-refractivity contribution in [2.45, 2.75) is 40.2 Å². The zero-order chi connectivity index (χ0) is 13.5. The fraction of sp³-hybridized carbons (Fsp3) is 0.786. The second kappa shape index (κ2) is 7.54. The van der Waals surface area contributed by atoms with E-state index in [0.29, 0.717) is 6.04 Å². The molecule has 0 aliphatic carbocycles. The highest BCUT2D eigenvalue weighted by molar-refractivity contribution is 5.19. The molecule has 0 amide bonds. The van der Waals surface area contributed by atoms with Crippen LogP contribution < -0.4 is 5.32 Å². The minimum Gasteiger partial charge on any atom is -0.310 e. The Hall–Kier alpha value is -0.870. The normalized spacial score (nSPS) is 13.2. The molecule has 1 aromatic rings. The highest BCUT2D eigenvalue weighted by atomic mass is 15.3. The largest absolute Gasteiger partial charge is 0.310 e. The van der Waals surface area contributed by atoms with Gasteiger partial charge in [0, 0.05) is 24.8 Å². The van der Waals surface area contributed by atoms with Crippen LogP contribution in [0.5, 0.6) is 0 Å². The summed E-state index contributed by atoms with van der Waals surface area (Å²) in [4.78, 5) is 2.46. The highest BCUT2D eigenvalue weighted by Crippen LogP contribution is 2.15. The summed E-state index contributed by atoms with van der Waals surface area (Å²) in [5.41, 5.74) is 2.43. The van der Waals surface area contributed by atoms with E-state index in [-0.39, 0.29) is 0 Å². The van der Waals surface area contributed by atoms with Gasteiger partial charge in [-0.05, 0) is 46.4 Å². The molecule has 18 heavy (non-hydrogen) atoms.